The van der Waals surface area contributed by atoms with E-state index in [0.29, 0.717) is 6.42 Å². The highest BCUT2D eigenvalue weighted by Gasteiger charge is 2.88. The Morgan fingerprint density at radius 3 is 2.70 bits per heavy atom. The van der Waals surface area contributed by atoms with Crippen LogP contribution < -0.4 is 0 Å². The lowest BCUT2D eigenvalue weighted by atomic mass is 9.60. The highest BCUT2D eigenvalue weighted by molar-refractivity contribution is 6.69. The van der Waals surface area contributed by atoms with Crippen molar-refractivity contribution in [2.45, 2.75) is 82.1 Å². The van der Waals surface area contributed by atoms with Gasteiger partial charge >= 0.3 is 11.9 Å². The maximum absolute atomic E-state index is 13.4. The molecule has 4 bridgehead atoms. The zero-order valence-electron chi connectivity index (χ0n) is 18.6. The summed E-state index contributed by atoms with van der Waals surface area (Å²) in [5, 5.41) is 0. The number of fused-ring (bicyclic) bond motifs is 3. The lowest BCUT2D eigenvalue weighted by Crippen LogP contribution is -2.51. The predicted molar refractivity (Wildman–Crippen MR) is 110 cm³/mol. The number of methoxy groups -OCH3 is 1. The van der Waals surface area contributed by atoms with Crippen LogP contribution in [0.2, 0.25) is 19.6 Å². The third kappa shape index (κ3) is 1.95. The van der Waals surface area contributed by atoms with Gasteiger partial charge in [0.05, 0.1) is 24.7 Å². The third-order valence-corrected chi connectivity index (χ3v) is 10.4. The standard InChI is InChI=1S/C23H32O6Si/c1-12-9-21-11-22(12,29-30(4,5)6)8-7-14(21)23-10-13-17(27-13)20(2,19(25)28-23)16(23)15(21)18(24)26-3/h13-17H,1,7-11H2,2-6H3/t13?,14?,15?,16?,17?,20?,21-,22-,23+/m0/s1. The molecule has 6 unspecified atom stereocenters. The van der Waals surface area contributed by atoms with Crippen LogP contribution in [0.3, 0.4) is 0 Å². The normalized spacial score (nSPS) is 54.9. The Morgan fingerprint density at radius 1 is 1.30 bits per heavy atom. The van der Waals surface area contributed by atoms with Crippen molar-refractivity contribution >= 4 is 20.3 Å². The summed E-state index contributed by atoms with van der Waals surface area (Å²) in [4.78, 5) is 26.6. The van der Waals surface area contributed by atoms with Gasteiger partial charge in [-0.05, 0) is 63.2 Å². The van der Waals surface area contributed by atoms with Crippen LogP contribution in [-0.2, 0) is 28.2 Å². The molecule has 0 aromatic carbocycles. The van der Waals surface area contributed by atoms with Crippen molar-refractivity contribution in [2.75, 3.05) is 7.11 Å². The van der Waals surface area contributed by atoms with Gasteiger partial charge in [-0.3, -0.25) is 9.59 Å². The maximum atomic E-state index is 13.4. The van der Waals surface area contributed by atoms with E-state index >= 15 is 0 Å². The maximum Gasteiger partial charge on any atom is 0.315 e. The summed E-state index contributed by atoms with van der Waals surface area (Å²) in [7, 11) is -0.365. The number of hydrogen-bond donors (Lipinski definition) is 0. The van der Waals surface area contributed by atoms with E-state index in [1.807, 2.05) is 6.92 Å². The van der Waals surface area contributed by atoms with Crippen molar-refractivity contribution in [1.82, 2.24) is 0 Å². The largest absolute Gasteiger partial charge is 0.469 e. The first-order valence-electron chi connectivity index (χ1n) is 11.3. The molecule has 2 saturated heterocycles. The summed E-state index contributed by atoms with van der Waals surface area (Å²) in [6, 6.07) is 0. The summed E-state index contributed by atoms with van der Waals surface area (Å²) >= 11 is 0. The molecule has 6 nitrogen and oxygen atoms in total. The van der Waals surface area contributed by atoms with E-state index in [4.69, 9.17) is 18.6 Å². The fraction of sp³-hybridized carbons (Fsp3) is 0.826. The molecule has 164 valence electrons. The molecule has 1 spiro atoms. The van der Waals surface area contributed by atoms with E-state index in [1.54, 1.807) is 0 Å². The van der Waals surface area contributed by atoms with Crippen LogP contribution in [0, 0.1) is 28.6 Å². The Labute approximate surface area is 178 Å². The Hall–Kier alpha value is -1.18. The first-order chi connectivity index (χ1) is 13.9. The molecule has 2 aliphatic heterocycles. The quantitative estimate of drug-likeness (QED) is 0.295. The number of rotatable bonds is 3. The highest BCUT2D eigenvalue weighted by Crippen LogP contribution is 2.80. The van der Waals surface area contributed by atoms with Gasteiger partial charge in [-0.2, -0.15) is 0 Å². The van der Waals surface area contributed by atoms with Crippen LogP contribution in [0.5, 0.6) is 0 Å². The SMILES string of the molecule is C=C1C[C@]23C[C@@]1(O[Si](C)(C)C)CCC2[C@@]12CC4OC4C(C)(C(=O)O1)C2C3C(=O)OC. The molecule has 6 aliphatic rings. The Kier molecular flexibility index (Phi) is 3.40. The van der Waals surface area contributed by atoms with E-state index in [1.165, 1.54) is 7.11 Å². The summed E-state index contributed by atoms with van der Waals surface area (Å²) in [5.41, 5.74) is -0.963. The molecular weight excluding hydrogens is 400 g/mol. The second-order valence-electron chi connectivity index (χ2n) is 11.9. The zero-order chi connectivity index (χ0) is 21.5. The van der Waals surface area contributed by atoms with E-state index < -0.39 is 25.3 Å². The van der Waals surface area contributed by atoms with Crippen LogP contribution in [-0.4, -0.2) is 50.8 Å². The summed E-state index contributed by atoms with van der Waals surface area (Å²) in [6.45, 7) is 13.1. The summed E-state index contributed by atoms with van der Waals surface area (Å²) < 4.78 is 24.5. The molecule has 6 rings (SSSR count). The second kappa shape index (κ2) is 5.23. The van der Waals surface area contributed by atoms with Crippen LogP contribution in [0.1, 0.15) is 39.0 Å². The summed E-state index contributed by atoms with van der Waals surface area (Å²) in [6.07, 6.45) is 3.95. The summed E-state index contributed by atoms with van der Waals surface area (Å²) in [5.74, 6) is -0.875. The van der Waals surface area contributed by atoms with Crippen molar-refractivity contribution in [1.29, 1.82) is 0 Å². The van der Waals surface area contributed by atoms with Crippen molar-refractivity contribution in [3.63, 3.8) is 0 Å². The van der Waals surface area contributed by atoms with Gasteiger partial charge in [0.25, 0.3) is 0 Å². The van der Waals surface area contributed by atoms with Crippen LogP contribution >= 0.6 is 0 Å². The molecule has 0 aromatic heterocycles. The monoisotopic (exact) mass is 432 g/mol. The van der Waals surface area contributed by atoms with Gasteiger partial charge in [0.2, 0.25) is 0 Å². The fourth-order valence-electron chi connectivity index (χ4n) is 8.84. The topological polar surface area (TPSA) is 74.4 Å². The molecular formula is C23H32O6Si. The predicted octanol–water partition coefficient (Wildman–Crippen LogP) is 3.22. The second-order valence-corrected chi connectivity index (χ2v) is 16.3. The molecule has 0 radical (unpaired) electrons. The molecule has 0 amide bonds. The first-order valence-corrected chi connectivity index (χ1v) is 14.7. The van der Waals surface area contributed by atoms with Crippen LogP contribution in [0.15, 0.2) is 12.2 Å². The molecule has 0 N–H and O–H groups in total. The number of esters is 2. The Morgan fingerprint density at radius 2 is 2.03 bits per heavy atom. The van der Waals surface area contributed by atoms with Gasteiger partial charge in [-0.15, -0.1) is 0 Å². The molecule has 2 heterocycles. The van der Waals surface area contributed by atoms with Crippen molar-refractivity contribution < 1.29 is 28.2 Å². The molecule has 9 atom stereocenters. The number of carbonyl (C=O) groups is 2. The number of ether oxygens (including phenoxy) is 3. The van der Waals surface area contributed by atoms with Gasteiger partial charge in [0, 0.05) is 18.3 Å². The van der Waals surface area contributed by atoms with Gasteiger partial charge in [-0.25, -0.2) is 0 Å². The molecule has 7 heteroatoms. The number of carbonyl (C=O) groups excluding carboxylic acids is 2. The van der Waals surface area contributed by atoms with Crippen molar-refractivity contribution in [3.05, 3.63) is 12.2 Å². The minimum Gasteiger partial charge on any atom is -0.469 e. The average molecular weight is 433 g/mol. The Balaban J connectivity index is 1.52. The lowest BCUT2D eigenvalue weighted by molar-refractivity contribution is -0.165. The van der Waals surface area contributed by atoms with Gasteiger partial charge < -0.3 is 18.6 Å². The third-order valence-electron chi connectivity index (χ3n) is 9.42. The van der Waals surface area contributed by atoms with E-state index in [-0.39, 0.29) is 47.0 Å². The van der Waals surface area contributed by atoms with Crippen LogP contribution in [0.4, 0.5) is 0 Å². The fourth-order valence-corrected chi connectivity index (χ4v) is 10.3. The number of epoxide rings is 1. The molecule has 0 aromatic rings. The highest BCUT2D eigenvalue weighted by atomic mass is 28.4. The van der Waals surface area contributed by atoms with Crippen molar-refractivity contribution in [2.24, 2.45) is 28.6 Å². The zero-order valence-corrected chi connectivity index (χ0v) is 19.6. The van der Waals surface area contributed by atoms with E-state index in [0.717, 1.165) is 31.3 Å². The van der Waals surface area contributed by atoms with Crippen molar-refractivity contribution in [3.8, 4) is 0 Å². The Bertz CT molecular complexity index is 895. The lowest BCUT2D eigenvalue weighted by Gasteiger charge is -2.48. The minimum absolute atomic E-state index is 0.0701. The average Bonchev–Trinajstić information content (AvgIpc) is 3.28. The molecule has 4 saturated carbocycles. The first kappa shape index (κ1) is 19.5. The van der Waals surface area contributed by atoms with Gasteiger partial charge in [0.1, 0.15) is 17.1 Å². The number of hydrogen-bond acceptors (Lipinski definition) is 6. The van der Waals surface area contributed by atoms with E-state index in [9.17, 15) is 9.59 Å². The van der Waals surface area contributed by atoms with Crippen LogP contribution in [0.25, 0.3) is 0 Å². The smallest absolute Gasteiger partial charge is 0.315 e. The van der Waals surface area contributed by atoms with E-state index in [2.05, 4.69) is 26.2 Å². The molecule has 6 fully saturated rings. The van der Waals surface area contributed by atoms with Gasteiger partial charge in [-0.1, -0.05) is 6.58 Å². The molecule has 30 heavy (non-hydrogen) atoms. The minimum atomic E-state index is -1.83. The van der Waals surface area contributed by atoms with Gasteiger partial charge in [0.15, 0.2) is 8.32 Å². The molecule has 4 aliphatic carbocycles.